The smallest absolute Gasteiger partial charge is 0.340 e. The quantitative estimate of drug-likeness (QED) is 0.404. The second-order valence-corrected chi connectivity index (χ2v) is 5.98. The number of halogens is 1. The van der Waals surface area contributed by atoms with Crippen LogP contribution in [-0.2, 0) is 9.53 Å². The van der Waals surface area contributed by atoms with Gasteiger partial charge in [-0.25, -0.2) is 4.79 Å². The monoisotopic (exact) mass is 384 g/mol. The van der Waals surface area contributed by atoms with E-state index in [0.29, 0.717) is 5.69 Å². The van der Waals surface area contributed by atoms with Crippen molar-refractivity contribution in [1.29, 1.82) is 0 Å². The molecule has 0 atom stereocenters. The average molecular weight is 385 g/mol. The predicted octanol–water partition coefficient (Wildman–Crippen LogP) is 4.20. The molecule has 3 rings (SSSR count). The summed E-state index contributed by atoms with van der Waals surface area (Å²) in [6.07, 6.45) is 0. The number of amides is 1. The number of nitro benzene ring substituents is 1. The molecular formula is C19H13ClN2O5. The van der Waals surface area contributed by atoms with Crippen molar-refractivity contribution in [3.8, 4) is 0 Å². The molecule has 3 aromatic carbocycles. The first kappa shape index (κ1) is 18.3. The number of nitro groups is 1. The van der Waals surface area contributed by atoms with Crippen molar-refractivity contribution in [2.45, 2.75) is 0 Å². The number of carbonyl (C=O) groups is 2. The minimum absolute atomic E-state index is 0.0000570. The van der Waals surface area contributed by atoms with Crippen molar-refractivity contribution >= 4 is 45.6 Å². The van der Waals surface area contributed by atoms with E-state index in [4.69, 9.17) is 16.3 Å². The molecule has 0 saturated heterocycles. The molecule has 1 amide bonds. The number of hydrogen-bond acceptors (Lipinski definition) is 5. The molecule has 1 N–H and O–H groups in total. The third kappa shape index (κ3) is 4.21. The maximum Gasteiger partial charge on any atom is 0.340 e. The molecular weight excluding hydrogens is 372 g/mol. The van der Waals surface area contributed by atoms with E-state index in [9.17, 15) is 19.7 Å². The molecule has 136 valence electrons. The maximum atomic E-state index is 12.1. The van der Waals surface area contributed by atoms with Gasteiger partial charge in [0.1, 0.15) is 0 Å². The summed E-state index contributed by atoms with van der Waals surface area (Å²) in [6, 6.07) is 16.4. The highest BCUT2D eigenvalue weighted by Gasteiger charge is 2.18. The van der Waals surface area contributed by atoms with Crippen LogP contribution in [0.3, 0.4) is 0 Å². The van der Waals surface area contributed by atoms with Gasteiger partial charge in [0.25, 0.3) is 11.6 Å². The van der Waals surface area contributed by atoms with Crippen LogP contribution in [0.5, 0.6) is 0 Å². The zero-order valence-corrected chi connectivity index (χ0v) is 14.6. The zero-order valence-electron chi connectivity index (χ0n) is 13.8. The van der Waals surface area contributed by atoms with E-state index in [2.05, 4.69) is 5.32 Å². The van der Waals surface area contributed by atoms with Crippen LogP contribution in [0.4, 0.5) is 11.4 Å². The molecule has 0 aromatic heterocycles. The first-order chi connectivity index (χ1) is 13.0. The van der Waals surface area contributed by atoms with Gasteiger partial charge in [-0.1, -0.05) is 48.0 Å². The van der Waals surface area contributed by atoms with Gasteiger partial charge in [0, 0.05) is 23.2 Å². The van der Waals surface area contributed by atoms with Gasteiger partial charge in [0.2, 0.25) is 0 Å². The Morgan fingerprint density at radius 2 is 1.81 bits per heavy atom. The molecule has 8 heteroatoms. The lowest BCUT2D eigenvalue weighted by Crippen LogP contribution is -2.21. The third-order valence-electron chi connectivity index (χ3n) is 3.78. The van der Waals surface area contributed by atoms with Crippen LogP contribution < -0.4 is 5.32 Å². The normalized spacial score (nSPS) is 10.4. The van der Waals surface area contributed by atoms with E-state index in [1.807, 2.05) is 30.3 Å². The summed E-state index contributed by atoms with van der Waals surface area (Å²) < 4.78 is 4.93. The number of ether oxygens (including phenoxy) is 1. The Labute approximate surface area is 158 Å². The van der Waals surface area contributed by atoms with E-state index in [-0.39, 0.29) is 16.3 Å². The van der Waals surface area contributed by atoms with Gasteiger partial charge >= 0.3 is 5.97 Å². The Kier molecular flexibility index (Phi) is 5.33. The zero-order chi connectivity index (χ0) is 19.4. The molecule has 0 heterocycles. The number of hydrogen-bond donors (Lipinski definition) is 1. The van der Waals surface area contributed by atoms with Crippen molar-refractivity contribution in [1.82, 2.24) is 0 Å². The molecule has 0 radical (unpaired) electrons. The Morgan fingerprint density at radius 1 is 1.07 bits per heavy atom. The van der Waals surface area contributed by atoms with Crippen LogP contribution in [0.25, 0.3) is 10.8 Å². The minimum atomic E-state index is -0.920. The van der Waals surface area contributed by atoms with Gasteiger partial charge in [-0.15, -0.1) is 0 Å². The summed E-state index contributed by atoms with van der Waals surface area (Å²) in [5.41, 5.74) is 0.109. The summed E-state index contributed by atoms with van der Waals surface area (Å²) >= 11 is 5.88. The second kappa shape index (κ2) is 7.84. The van der Waals surface area contributed by atoms with Crippen molar-refractivity contribution in [2.75, 3.05) is 11.9 Å². The number of non-ortho nitro benzene ring substituents is 1. The van der Waals surface area contributed by atoms with Gasteiger partial charge < -0.3 is 10.1 Å². The number of benzene rings is 3. The van der Waals surface area contributed by atoms with Gasteiger partial charge in [-0.05, 0) is 17.5 Å². The van der Waals surface area contributed by atoms with Crippen LogP contribution in [0.1, 0.15) is 10.4 Å². The van der Waals surface area contributed by atoms with Crippen LogP contribution in [0, 0.1) is 10.1 Å². The fourth-order valence-corrected chi connectivity index (χ4v) is 2.71. The third-order valence-corrected chi connectivity index (χ3v) is 4.11. The Bertz CT molecular complexity index is 1050. The summed E-state index contributed by atoms with van der Waals surface area (Å²) in [7, 11) is 0. The highest BCUT2D eigenvalue weighted by atomic mass is 35.5. The van der Waals surface area contributed by atoms with E-state index < -0.39 is 23.4 Å². The van der Waals surface area contributed by atoms with Gasteiger partial charge in [-0.3, -0.25) is 14.9 Å². The van der Waals surface area contributed by atoms with Crippen molar-refractivity contribution in [3.05, 3.63) is 81.4 Å². The molecule has 0 bridgehead atoms. The van der Waals surface area contributed by atoms with E-state index in [1.54, 1.807) is 12.1 Å². The number of carbonyl (C=O) groups excluding carboxylic acids is 2. The number of anilines is 1. The molecule has 7 nitrogen and oxygen atoms in total. The maximum absolute atomic E-state index is 12.1. The van der Waals surface area contributed by atoms with Crippen molar-refractivity contribution in [2.24, 2.45) is 0 Å². The fraction of sp³-hybridized carbons (Fsp3) is 0.0526. The summed E-state index contributed by atoms with van der Waals surface area (Å²) in [5, 5.41) is 15.3. The average Bonchev–Trinajstić information content (AvgIpc) is 2.66. The highest BCUT2D eigenvalue weighted by Crippen LogP contribution is 2.24. The molecule has 0 aliphatic rings. The summed E-state index contributed by atoms with van der Waals surface area (Å²) in [6.45, 7) is -0.554. The van der Waals surface area contributed by atoms with Gasteiger partial charge in [0.05, 0.1) is 15.5 Å². The van der Waals surface area contributed by atoms with E-state index >= 15 is 0 Å². The number of nitrogens with zero attached hydrogens (tertiary/aromatic N) is 1. The molecule has 0 saturated carbocycles. The predicted molar refractivity (Wildman–Crippen MR) is 101 cm³/mol. The van der Waals surface area contributed by atoms with Crippen LogP contribution in [0.15, 0.2) is 60.7 Å². The summed E-state index contributed by atoms with van der Waals surface area (Å²) in [4.78, 5) is 34.4. The largest absolute Gasteiger partial charge is 0.452 e. The SMILES string of the molecule is O=C(COC(=O)c1cc([N+](=O)[O-])ccc1Cl)Nc1cccc2ccccc12. The number of esters is 1. The van der Waals surface area contributed by atoms with E-state index in [0.717, 1.165) is 16.8 Å². The van der Waals surface area contributed by atoms with Crippen molar-refractivity contribution < 1.29 is 19.2 Å². The molecule has 0 spiro atoms. The first-order valence-corrected chi connectivity index (χ1v) is 8.22. The van der Waals surface area contributed by atoms with Crippen molar-refractivity contribution in [3.63, 3.8) is 0 Å². The molecule has 0 unspecified atom stereocenters. The molecule has 0 fully saturated rings. The lowest BCUT2D eigenvalue weighted by atomic mass is 10.1. The Balaban J connectivity index is 1.68. The van der Waals surface area contributed by atoms with Crippen LogP contribution in [0.2, 0.25) is 5.02 Å². The second-order valence-electron chi connectivity index (χ2n) is 5.57. The Morgan fingerprint density at radius 3 is 2.59 bits per heavy atom. The molecule has 3 aromatic rings. The van der Waals surface area contributed by atoms with E-state index in [1.165, 1.54) is 12.1 Å². The lowest BCUT2D eigenvalue weighted by Gasteiger charge is -2.09. The minimum Gasteiger partial charge on any atom is -0.452 e. The lowest BCUT2D eigenvalue weighted by molar-refractivity contribution is -0.384. The molecule has 0 aliphatic heterocycles. The van der Waals surface area contributed by atoms with Gasteiger partial charge in [0.15, 0.2) is 6.61 Å². The number of fused-ring (bicyclic) bond motifs is 1. The number of nitrogens with one attached hydrogen (secondary N) is 1. The van der Waals surface area contributed by atoms with Gasteiger partial charge in [-0.2, -0.15) is 0 Å². The standard InChI is InChI=1S/C19H13ClN2O5/c20-16-9-8-13(22(25)26)10-15(16)19(24)27-11-18(23)21-17-7-3-5-12-4-1-2-6-14(12)17/h1-10H,11H2,(H,21,23). The Hall–Kier alpha value is -3.45. The van der Waals surface area contributed by atoms with Crippen LogP contribution >= 0.6 is 11.6 Å². The fourth-order valence-electron chi connectivity index (χ4n) is 2.51. The molecule has 0 aliphatic carbocycles. The van der Waals surface area contributed by atoms with Crippen LogP contribution in [-0.4, -0.2) is 23.4 Å². The highest BCUT2D eigenvalue weighted by molar-refractivity contribution is 6.33. The molecule has 27 heavy (non-hydrogen) atoms. The number of rotatable bonds is 5. The first-order valence-electron chi connectivity index (χ1n) is 7.84. The topological polar surface area (TPSA) is 98.5 Å². The summed E-state index contributed by atoms with van der Waals surface area (Å²) in [5.74, 6) is -1.46.